The molecule has 0 aliphatic rings. The Balaban J connectivity index is 2.98. The van der Waals surface area contributed by atoms with Crippen LogP contribution in [0.25, 0.3) is 10.9 Å². The first-order valence-electron chi connectivity index (χ1n) is 6.32. The highest BCUT2D eigenvalue weighted by molar-refractivity contribution is 6.00. The normalized spacial score (nSPS) is 10.7. The van der Waals surface area contributed by atoms with E-state index in [1.54, 1.807) is 0 Å². The number of carbonyl (C=O) groups is 1. The number of carbonyl (C=O) groups excluding carboxylic acids is 1. The molecule has 5 heteroatoms. The average Bonchev–Trinajstić information content (AvgIpc) is 2.43. The summed E-state index contributed by atoms with van der Waals surface area (Å²) in [6.07, 6.45) is 0. The van der Waals surface area contributed by atoms with E-state index in [2.05, 4.69) is 9.97 Å². The first kappa shape index (κ1) is 14.2. The van der Waals surface area contributed by atoms with Crippen molar-refractivity contribution in [1.82, 2.24) is 9.97 Å². The Hall–Kier alpha value is -2.17. The van der Waals surface area contributed by atoms with Crippen LogP contribution in [0.4, 0.5) is 0 Å². The molecular weight excluding hydrogens is 256 g/mol. The van der Waals surface area contributed by atoms with Gasteiger partial charge in [-0.1, -0.05) is 0 Å². The smallest absolute Gasteiger partial charge is 0.360 e. The van der Waals surface area contributed by atoms with E-state index in [1.165, 1.54) is 14.2 Å². The second-order valence-electron chi connectivity index (χ2n) is 4.74. The minimum Gasteiger partial charge on any atom is -0.492 e. The van der Waals surface area contributed by atoms with Crippen LogP contribution in [0.2, 0.25) is 0 Å². The fourth-order valence-electron chi connectivity index (χ4n) is 2.37. The van der Waals surface area contributed by atoms with E-state index in [9.17, 15) is 4.79 Å². The van der Waals surface area contributed by atoms with Crippen LogP contribution in [0, 0.1) is 27.7 Å². The summed E-state index contributed by atoms with van der Waals surface area (Å²) in [4.78, 5) is 20.7. The highest BCUT2D eigenvalue weighted by atomic mass is 16.5. The Bertz CT molecular complexity index is 708. The molecule has 0 aromatic carbocycles. The molecule has 0 unspecified atom stereocenters. The third-order valence-electron chi connectivity index (χ3n) is 3.65. The fourth-order valence-corrected chi connectivity index (χ4v) is 2.37. The second kappa shape index (κ2) is 5.07. The van der Waals surface area contributed by atoms with Gasteiger partial charge >= 0.3 is 5.97 Å². The number of ether oxygens (including phenoxy) is 2. The predicted octanol–water partition coefficient (Wildman–Crippen LogP) is 2.66. The summed E-state index contributed by atoms with van der Waals surface area (Å²) in [5, 5.41) is 0.928. The Morgan fingerprint density at radius 3 is 2.15 bits per heavy atom. The Morgan fingerprint density at radius 2 is 1.60 bits per heavy atom. The molecule has 0 N–H and O–H groups in total. The van der Waals surface area contributed by atoms with E-state index in [0.29, 0.717) is 11.3 Å². The summed E-state index contributed by atoms with van der Waals surface area (Å²) in [5.41, 5.74) is 4.70. The van der Waals surface area contributed by atoms with E-state index in [4.69, 9.17) is 9.47 Å². The van der Waals surface area contributed by atoms with Crippen molar-refractivity contribution in [2.24, 2.45) is 0 Å². The molecule has 0 saturated carbocycles. The van der Waals surface area contributed by atoms with Gasteiger partial charge in [0.25, 0.3) is 0 Å². The van der Waals surface area contributed by atoms with E-state index in [-0.39, 0.29) is 5.69 Å². The summed E-state index contributed by atoms with van der Waals surface area (Å²) >= 11 is 0. The Morgan fingerprint density at radius 1 is 0.950 bits per heavy atom. The molecule has 0 bridgehead atoms. The molecule has 2 aromatic heterocycles. The highest BCUT2D eigenvalue weighted by Gasteiger charge is 2.22. The number of rotatable bonds is 2. The number of nitrogens with zero attached hydrogens (tertiary/aromatic N) is 2. The predicted molar refractivity (Wildman–Crippen MR) is 76.4 cm³/mol. The van der Waals surface area contributed by atoms with Crippen molar-refractivity contribution < 1.29 is 14.3 Å². The molecule has 0 atom stereocenters. The van der Waals surface area contributed by atoms with Gasteiger partial charge in [0.1, 0.15) is 5.52 Å². The monoisotopic (exact) mass is 274 g/mol. The SMILES string of the molecule is COC(=O)c1nc(C)c2c(C)c(C)c(C)nc2c1OC. The Labute approximate surface area is 117 Å². The number of fused-ring (bicyclic) bond motifs is 1. The van der Waals surface area contributed by atoms with E-state index in [1.807, 2.05) is 27.7 Å². The molecule has 0 amide bonds. The van der Waals surface area contributed by atoms with Crippen molar-refractivity contribution in [3.8, 4) is 5.75 Å². The largest absolute Gasteiger partial charge is 0.492 e. The summed E-state index contributed by atoms with van der Waals surface area (Å²) in [6, 6.07) is 0. The second-order valence-corrected chi connectivity index (χ2v) is 4.74. The number of esters is 1. The molecule has 0 aliphatic heterocycles. The van der Waals surface area contributed by atoms with Crippen LogP contribution in [0.3, 0.4) is 0 Å². The number of hydrogen-bond donors (Lipinski definition) is 0. The van der Waals surface area contributed by atoms with Crippen LogP contribution >= 0.6 is 0 Å². The lowest BCUT2D eigenvalue weighted by Gasteiger charge is -2.15. The molecular formula is C15H18N2O3. The molecule has 0 spiro atoms. The van der Waals surface area contributed by atoms with Crippen molar-refractivity contribution in [3.05, 3.63) is 28.2 Å². The summed E-state index contributed by atoms with van der Waals surface area (Å²) in [6.45, 7) is 7.85. The third-order valence-corrected chi connectivity index (χ3v) is 3.65. The summed E-state index contributed by atoms with van der Waals surface area (Å²) in [7, 11) is 2.83. The average molecular weight is 274 g/mol. The van der Waals surface area contributed by atoms with Crippen LogP contribution < -0.4 is 4.74 Å². The number of methoxy groups -OCH3 is 2. The maximum atomic E-state index is 11.8. The van der Waals surface area contributed by atoms with Crippen molar-refractivity contribution in [3.63, 3.8) is 0 Å². The van der Waals surface area contributed by atoms with Crippen molar-refractivity contribution in [1.29, 1.82) is 0 Å². The molecule has 106 valence electrons. The molecule has 2 heterocycles. The first-order valence-corrected chi connectivity index (χ1v) is 6.32. The van der Waals surface area contributed by atoms with Gasteiger partial charge in [0, 0.05) is 16.8 Å². The topological polar surface area (TPSA) is 61.3 Å². The van der Waals surface area contributed by atoms with Crippen molar-refractivity contribution in [2.45, 2.75) is 27.7 Å². The van der Waals surface area contributed by atoms with E-state index >= 15 is 0 Å². The Kier molecular flexibility index (Phi) is 3.61. The van der Waals surface area contributed by atoms with Crippen LogP contribution in [0.15, 0.2) is 0 Å². The number of pyridine rings is 2. The summed E-state index contributed by atoms with van der Waals surface area (Å²) < 4.78 is 10.1. The zero-order chi connectivity index (χ0) is 15.0. The zero-order valence-electron chi connectivity index (χ0n) is 12.6. The van der Waals surface area contributed by atoms with Crippen LogP contribution in [0.1, 0.15) is 33.0 Å². The van der Waals surface area contributed by atoms with Gasteiger partial charge in [-0.05, 0) is 38.8 Å². The molecule has 5 nitrogen and oxygen atoms in total. The van der Waals surface area contributed by atoms with Gasteiger partial charge in [0.15, 0.2) is 11.4 Å². The molecule has 20 heavy (non-hydrogen) atoms. The third kappa shape index (κ3) is 1.99. The van der Waals surface area contributed by atoms with Gasteiger partial charge in [-0.15, -0.1) is 0 Å². The van der Waals surface area contributed by atoms with E-state index in [0.717, 1.165) is 27.9 Å². The zero-order valence-corrected chi connectivity index (χ0v) is 12.6. The molecule has 0 fully saturated rings. The molecule has 0 aliphatic carbocycles. The van der Waals surface area contributed by atoms with Crippen LogP contribution in [-0.2, 0) is 4.74 Å². The highest BCUT2D eigenvalue weighted by Crippen LogP contribution is 2.33. The number of hydrogen-bond acceptors (Lipinski definition) is 5. The molecule has 2 aromatic rings. The minimum absolute atomic E-state index is 0.162. The van der Waals surface area contributed by atoms with Crippen LogP contribution in [-0.4, -0.2) is 30.2 Å². The van der Waals surface area contributed by atoms with Crippen LogP contribution in [0.5, 0.6) is 5.75 Å². The lowest BCUT2D eigenvalue weighted by molar-refractivity contribution is 0.0590. The fraction of sp³-hybridized carbons (Fsp3) is 0.400. The number of aryl methyl sites for hydroxylation is 3. The van der Waals surface area contributed by atoms with Gasteiger partial charge in [0.2, 0.25) is 0 Å². The van der Waals surface area contributed by atoms with Gasteiger partial charge in [0.05, 0.1) is 14.2 Å². The quantitative estimate of drug-likeness (QED) is 0.788. The lowest BCUT2D eigenvalue weighted by Crippen LogP contribution is -2.10. The van der Waals surface area contributed by atoms with Gasteiger partial charge in [-0.25, -0.2) is 14.8 Å². The lowest BCUT2D eigenvalue weighted by atomic mass is 10.0. The standard InChI is InChI=1S/C15H18N2O3/c1-7-8(2)11-10(4)17-13(15(18)20-6)14(19-5)12(11)16-9(7)3/h1-6H3. The van der Waals surface area contributed by atoms with Gasteiger partial charge in [-0.2, -0.15) is 0 Å². The maximum Gasteiger partial charge on any atom is 0.360 e. The van der Waals surface area contributed by atoms with E-state index < -0.39 is 5.97 Å². The maximum absolute atomic E-state index is 11.8. The van der Waals surface area contributed by atoms with Crippen molar-refractivity contribution in [2.75, 3.05) is 14.2 Å². The first-order chi connectivity index (χ1) is 9.42. The molecule has 2 rings (SSSR count). The van der Waals surface area contributed by atoms with Gasteiger partial charge < -0.3 is 9.47 Å². The molecule has 0 radical (unpaired) electrons. The van der Waals surface area contributed by atoms with Crippen molar-refractivity contribution >= 4 is 16.9 Å². The van der Waals surface area contributed by atoms with Gasteiger partial charge in [-0.3, -0.25) is 0 Å². The minimum atomic E-state index is -0.524. The number of aromatic nitrogens is 2. The molecule has 0 saturated heterocycles. The summed E-state index contributed by atoms with van der Waals surface area (Å²) in [5.74, 6) is -0.159.